The minimum absolute atomic E-state index is 0.116. The molecule has 1 aliphatic heterocycles. The Labute approximate surface area is 208 Å². The van der Waals surface area contributed by atoms with Gasteiger partial charge in [0, 0.05) is 19.1 Å². The van der Waals surface area contributed by atoms with Crippen molar-refractivity contribution < 1.29 is 24.0 Å². The van der Waals surface area contributed by atoms with Gasteiger partial charge in [0.1, 0.15) is 5.75 Å². The third-order valence-electron chi connectivity index (χ3n) is 5.35. The molecule has 0 saturated heterocycles. The number of hydrogen-bond donors (Lipinski definition) is 0. The molecule has 3 aromatic rings. The molecule has 0 bridgehead atoms. The average Bonchev–Trinajstić information content (AvgIpc) is 3.13. The normalized spacial score (nSPS) is 15.2. The summed E-state index contributed by atoms with van der Waals surface area (Å²) in [5.74, 6) is -0.711. The summed E-state index contributed by atoms with van der Waals surface area (Å²) in [6.07, 6.45) is 1.66. The molecule has 1 aromatic heterocycles. The van der Waals surface area contributed by atoms with Crippen LogP contribution < -0.4 is 19.6 Å². The van der Waals surface area contributed by atoms with Gasteiger partial charge < -0.3 is 9.47 Å². The van der Waals surface area contributed by atoms with Crippen LogP contribution in [0.5, 0.6) is 5.75 Å². The van der Waals surface area contributed by atoms with Gasteiger partial charge in [-0.25, -0.2) is 9.79 Å². The summed E-state index contributed by atoms with van der Waals surface area (Å²) in [5.41, 5.74) is 1.00. The molecule has 184 valence electrons. The molecule has 0 fully saturated rings. The summed E-state index contributed by atoms with van der Waals surface area (Å²) < 4.78 is 12.0. The molecule has 1 atom stereocenters. The van der Waals surface area contributed by atoms with E-state index in [1.54, 1.807) is 50.3 Å². The fraction of sp³-hybridized carbons (Fsp3) is 0.200. The number of carbonyl (C=O) groups is 2. The molecule has 0 saturated carbocycles. The lowest BCUT2D eigenvalue weighted by atomic mass is 9.95. The van der Waals surface area contributed by atoms with Gasteiger partial charge in [-0.05, 0) is 43.2 Å². The van der Waals surface area contributed by atoms with Crippen molar-refractivity contribution in [3.63, 3.8) is 0 Å². The van der Waals surface area contributed by atoms with Crippen LogP contribution in [0.2, 0.25) is 0 Å². The number of thiazole rings is 1. The van der Waals surface area contributed by atoms with Gasteiger partial charge in [-0.3, -0.25) is 24.3 Å². The van der Waals surface area contributed by atoms with Gasteiger partial charge in [-0.2, -0.15) is 0 Å². The summed E-state index contributed by atoms with van der Waals surface area (Å²) in [6.45, 7) is 4.73. The van der Waals surface area contributed by atoms with Crippen LogP contribution in [-0.2, 0) is 14.3 Å². The molecular weight excluding hydrogens is 486 g/mol. The zero-order valence-corrected chi connectivity index (χ0v) is 20.4. The van der Waals surface area contributed by atoms with Gasteiger partial charge in [0.15, 0.2) is 4.80 Å². The number of non-ortho nitro benzene ring substituents is 1. The van der Waals surface area contributed by atoms with Crippen LogP contribution in [0.25, 0.3) is 6.08 Å². The Morgan fingerprint density at radius 1 is 1.22 bits per heavy atom. The number of allylic oxidation sites excluding steroid dienone is 1. The first-order valence-corrected chi connectivity index (χ1v) is 11.7. The summed E-state index contributed by atoms with van der Waals surface area (Å²) >= 11 is 1.13. The topological polar surface area (TPSA) is 130 Å². The Hall–Kier alpha value is -4.38. The van der Waals surface area contributed by atoms with E-state index in [0.29, 0.717) is 31.9 Å². The maximum absolute atomic E-state index is 13.6. The second kappa shape index (κ2) is 10.1. The number of hydrogen-bond acceptors (Lipinski definition) is 9. The minimum Gasteiger partial charge on any atom is -0.463 e. The van der Waals surface area contributed by atoms with E-state index in [-0.39, 0.29) is 17.9 Å². The molecule has 0 unspecified atom stereocenters. The number of nitro benzene ring substituents is 1. The number of carbonyl (C=O) groups excluding carboxylic acids is 2. The van der Waals surface area contributed by atoms with Crippen molar-refractivity contribution >= 4 is 35.0 Å². The Bertz CT molecular complexity index is 1580. The number of fused-ring (bicyclic) bond motifs is 1. The molecule has 2 aromatic carbocycles. The van der Waals surface area contributed by atoms with Crippen molar-refractivity contribution in [3.8, 4) is 5.75 Å². The molecule has 10 nitrogen and oxygen atoms in total. The molecule has 1 aliphatic rings. The summed E-state index contributed by atoms with van der Waals surface area (Å²) in [6, 6.07) is 11.5. The second-order valence-corrected chi connectivity index (χ2v) is 8.83. The summed E-state index contributed by atoms with van der Waals surface area (Å²) in [7, 11) is 0. The Morgan fingerprint density at radius 3 is 2.58 bits per heavy atom. The van der Waals surface area contributed by atoms with Gasteiger partial charge in [0.2, 0.25) is 0 Å². The quantitative estimate of drug-likeness (QED) is 0.217. The zero-order chi connectivity index (χ0) is 26.0. The maximum Gasteiger partial charge on any atom is 0.338 e. The third kappa shape index (κ3) is 4.86. The Kier molecular flexibility index (Phi) is 6.93. The van der Waals surface area contributed by atoms with Gasteiger partial charge >= 0.3 is 11.9 Å². The first kappa shape index (κ1) is 24.7. The van der Waals surface area contributed by atoms with E-state index in [4.69, 9.17) is 9.47 Å². The number of aromatic nitrogens is 1. The molecule has 0 aliphatic carbocycles. The molecule has 0 spiro atoms. The highest BCUT2D eigenvalue weighted by Gasteiger charge is 2.34. The largest absolute Gasteiger partial charge is 0.463 e. The van der Waals surface area contributed by atoms with Crippen LogP contribution in [0.15, 0.2) is 69.6 Å². The number of esters is 2. The third-order valence-corrected chi connectivity index (χ3v) is 6.34. The Balaban J connectivity index is 1.89. The van der Waals surface area contributed by atoms with Crippen LogP contribution in [0, 0.1) is 10.1 Å². The lowest BCUT2D eigenvalue weighted by molar-refractivity contribution is -0.384. The fourth-order valence-corrected chi connectivity index (χ4v) is 4.91. The molecular formula is C25H21N3O7S. The molecule has 0 N–H and O–H groups in total. The highest BCUT2D eigenvalue weighted by Crippen LogP contribution is 2.32. The number of nitro groups is 1. The predicted octanol–water partition coefficient (Wildman–Crippen LogP) is 2.63. The van der Waals surface area contributed by atoms with Crippen molar-refractivity contribution in [2.24, 2.45) is 4.99 Å². The number of nitrogens with zero attached hydrogens (tertiary/aromatic N) is 3. The average molecular weight is 508 g/mol. The van der Waals surface area contributed by atoms with Crippen molar-refractivity contribution in [2.45, 2.75) is 26.8 Å². The second-order valence-electron chi connectivity index (χ2n) is 7.82. The first-order chi connectivity index (χ1) is 17.2. The van der Waals surface area contributed by atoms with Gasteiger partial charge in [0.25, 0.3) is 11.2 Å². The van der Waals surface area contributed by atoms with Crippen LogP contribution in [0.1, 0.15) is 37.9 Å². The lowest BCUT2D eigenvalue weighted by Gasteiger charge is -2.24. The maximum atomic E-state index is 13.6. The van der Waals surface area contributed by atoms with E-state index < -0.39 is 28.5 Å². The molecule has 4 rings (SSSR count). The Morgan fingerprint density at radius 2 is 1.94 bits per heavy atom. The van der Waals surface area contributed by atoms with Crippen molar-refractivity contribution in [1.82, 2.24) is 4.57 Å². The fourth-order valence-electron chi connectivity index (χ4n) is 3.86. The van der Waals surface area contributed by atoms with E-state index in [2.05, 4.69) is 4.99 Å². The smallest absolute Gasteiger partial charge is 0.338 e. The van der Waals surface area contributed by atoms with E-state index in [1.165, 1.54) is 29.7 Å². The summed E-state index contributed by atoms with van der Waals surface area (Å²) in [5, 5.41) is 11.4. The van der Waals surface area contributed by atoms with Crippen LogP contribution in [0.4, 0.5) is 5.69 Å². The van der Waals surface area contributed by atoms with Gasteiger partial charge in [-0.1, -0.05) is 35.6 Å². The number of benzene rings is 2. The van der Waals surface area contributed by atoms with Gasteiger partial charge in [-0.15, -0.1) is 0 Å². The van der Waals surface area contributed by atoms with E-state index in [9.17, 15) is 24.5 Å². The highest BCUT2D eigenvalue weighted by molar-refractivity contribution is 7.07. The molecule has 11 heteroatoms. The molecule has 0 radical (unpaired) electrons. The predicted molar refractivity (Wildman–Crippen MR) is 131 cm³/mol. The van der Waals surface area contributed by atoms with E-state index in [1.807, 2.05) is 0 Å². The standard InChI is InChI=1S/C25H21N3O7S/c1-4-34-24(31)21-14(2)26-25-27(22(21)17-6-5-7-18(13-17)28(32)33)23(30)20(36-25)12-16-8-10-19(11-9-16)35-15(3)29/h5-13,22H,4H2,1-3H3/b20-12+/t22-/m0/s1. The SMILES string of the molecule is CCOC(=O)C1=C(C)N=c2s/c(=C/c3ccc(OC(C)=O)cc3)c(=O)n2[C@H]1c1cccc([N+](=O)[O-])c1. The number of rotatable bonds is 6. The molecule has 0 amide bonds. The number of ether oxygens (including phenoxy) is 2. The van der Waals surface area contributed by atoms with E-state index >= 15 is 0 Å². The molecule has 36 heavy (non-hydrogen) atoms. The zero-order valence-electron chi connectivity index (χ0n) is 19.6. The minimum atomic E-state index is -0.950. The van der Waals surface area contributed by atoms with E-state index in [0.717, 1.165) is 11.3 Å². The molecule has 2 heterocycles. The first-order valence-electron chi connectivity index (χ1n) is 10.9. The van der Waals surface area contributed by atoms with Crippen LogP contribution >= 0.6 is 11.3 Å². The van der Waals surface area contributed by atoms with Crippen molar-refractivity contribution in [2.75, 3.05) is 6.61 Å². The lowest BCUT2D eigenvalue weighted by Crippen LogP contribution is -2.39. The highest BCUT2D eigenvalue weighted by atomic mass is 32.1. The monoisotopic (exact) mass is 507 g/mol. The van der Waals surface area contributed by atoms with Crippen molar-refractivity contribution in [3.05, 3.63) is 101 Å². The van der Waals surface area contributed by atoms with Crippen molar-refractivity contribution in [1.29, 1.82) is 0 Å². The van der Waals surface area contributed by atoms with Crippen LogP contribution in [0.3, 0.4) is 0 Å². The van der Waals surface area contributed by atoms with Crippen LogP contribution in [-0.4, -0.2) is 28.0 Å². The van der Waals surface area contributed by atoms with Gasteiger partial charge in [0.05, 0.1) is 33.4 Å². The summed E-state index contributed by atoms with van der Waals surface area (Å²) in [4.78, 5) is 53.3.